The molecule has 0 aromatic heterocycles. The maximum absolute atomic E-state index is 9.95. The maximum atomic E-state index is 9.95. The number of aromatic hydroxyl groups is 1. The topological polar surface area (TPSA) is 29.5 Å². The summed E-state index contributed by atoms with van der Waals surface area (Å²) in [6.07, 6.45) is 2.34. The zero-order chi connectivity index (χ0) is 11.2. The first kappa shape index (κ1) is 13.4. The molecular weight excluding hydrogens is 247 g/mol. The number of fused-ring (bicyclic) bond motifs is 1. The molecule has 2 rings (SSSR count). The summed E-state index contributed by atoms with van der Waals surface area (Å²) >= 11 is 0. The van der Waals surface area contributed by atoms with Gasteiger partial charge in [0.25, 0.3) is 0 Å². The van der Waals surface area contributed by atoms with E-state index in [-0.39, 0.29) is 16.5 Å². The van der Waals surface area contributed by atoms with Crippen LogP contribution in [0.25, 0.3) is 0 Å². The zero-order valence-corrected chi connectivity index (χ0v) is 11.2. The number of phenolic OH excluding ortho intramolecular Hbond substituents is 1. The van der Waals surface area contributed by atoms with Crippen molar-refractivity contribution < 1.29 is 26.3 Å². The van der Waals surface area contributed by atoms with Crippen LogP contribution in [0.3, 0.4) is 0 Å². The van der Waals surface area contributed by atoms with Crippen LogP contribution in [0.1, 0.15) is 35.6 Å². The molecule has 1 unspecified atom stereocenters. The van der Waals surface area contributed by atoms with E-state index < -0.39 is 0 Å². The normalized spacial score (nSPS) is 18.4. The molecule has 92 valence electrons. The van der Waals surface area contributed by atoms with E-state index in [1.807, 2.05) is 20.8 Å². The third-order valence-corrected chi connectivity index (χ3v) is 3.46. The third kappa shape index (κ3) is 1.93. The molecule has 1 N–H and O–H groups in total. The van der Waals surface area contributed by atoms with Crippen LogP contribution in [0.2, 0.25) is 0 Å². The first-order chi connectivity index (χ1) is 7.02. The van der Waals surface area contributed by atoms with E-state index in [1.165, 1.54) is 5.56 Å². The number of benzene rings is 1. The van der Waals surface area contributed by atoms with Crippen molar-refractivity contribution in [2.24, 2.45) is 0 Å². The molecule has 0 saturated heterocycles. The molecule has 0 amide bonds. The van der Waals surface area contributed by atoms with Crippen molar-refractivity contribution in [3.63, 3.8) is 0 Å². The maximum Gasteiger partial charge on any atom is 0.126 e. The average Bonchev–Trinajstić information content (AvgIpc) is 2.23. The van der Waals surface area contributed by atoms with Crippen molar-refractivity contribution in [3.05, 3.63) is 22.3 Å². The van der Waals surface area contributed by atoms with Crippen LogP contribution in [-0.2, 0) is 22.9 Å². The standard InChI is InChI=1S/C13H18O2.Ni/c1-7-5-6-11-10(4)12(14)8(2)9(3)13(11)15-7;/h7,14H,5-6H2,1-4H3;. The Labute approximate surface area is 107 Å². The van der Waals surface area contributed by atoms with Crippen LogP contribution in [0.5, 0.6) is 11.5 Å². The molecule has 1 heterocycles. The van der Waals surface area contributed by atoms with Gasteiger partial charge >= 0.3 is 0 Å². The van der Waals surface area contributed by atoms with E-state index in [0.717, 1.165) is 35.3 Å². The predicted molar refractivity (Wildman–Crippen MR) is 60.7 cm³/mol. The van der Waals surface area contributed by atoms with Crippen molar-refractivity contribution >= 4 is 0 Å². The minimum Gasteiger partial charge on any atom is -0.507 e. The Morgan fingerprint density at radius 2 is 1.75 bits per heavy atom. The Hall–Kier alpha value is -0.686. The van der Waals surface area contributed by atoms with Gasteiger partial charge in [-0.1, -0.05) is 0 Å². The molecule has 3 heteroatoms. The number of hydrogen-bond acceptors (Lipinski definition) is 2. The molecule has 1 aromatic rings. The second-order valence-corrected chi connectivity index (χ2v) is 4.50. The summed E-state index contributed by atoms with van der Waals surface area (Å²) in [5.41, 5.74) is 4.20. The Kier molecular flexibility index (Phi) is 3.90. The van der Waals surface area contributed by atoms with E-state index in [2.05, 4.69) is 6.92 Å². The third-order valence-electron chi connectivity index (χ3n) is 3.46. The molecule has 0 spiro atoms. The largest absolute Gasteiger partial charge is 0.507 e. The van der Waals surface area contributed by atoms with Crippen LogP contribution in [0.4, 0.5) is 0 Å². The van der Waals surface area contributed by atoms with E-state index in [1.54, 1.807) is 0 Å². The molecule has 1 aliphatic rings. The minimum atomic E-state index is 0. The Bertz CT molecular complexity index is 413. The van der Waals surface area contributed by atoms with Gasteiger partial charge in [-0.2, -0.15) is 0 Å². The summed E-state index contributed by atoms with van der Waals surface area (Å²) < 4.78 is 5.87. The average molecular weight is 265 g/mol. The van der Waals surface area contributed by atoms with Crippen molar-refractivity contribution in [1.82, 2.24) is 0 Å². The van der Waals surface area contributed by atoms with Crippen molar-refractivity contribution in [1.29, 1.82) is 0 Å². The molecule has 0 bridgehead atoms. The number of ether oxygens (including phenoxy) is 1. The van der Waals surface area contributed by atoms with Gasteiger partial charge < -0.3 is 9.84 Å². The summed E-state index contributed by atoms with van der Waals surface area (Å²) in [5, 5.41) is 9.95. The fourth-order valence-corrected chi connectivity index (χ4v) is 2.24. The van der Waals surface area contributed by atoms with E-state index in [0.29, 0.717) is 11.9 Å². The fourth-order valence-electron chi connectivity index (χ4n) is 2.24. The van der Waals surface area contributed by atoms with Gasteiger partial charge in [-0.05, 0) is 57.2 Å². The van der Waals surface area contributed by atoms with Crippen LogP contribution in [0.15, 0.2) is 0 Å². The fraction of sp³-hybridized carbons (Fsp3) is 0.538. The van der Waals surface area contributed by atoms with Crippen molar-refractivity contribution in [3.8, 4) is 11.5 Å². The number of phenols is 1. The van der Waals surface area contributed by atoms with Gasteiger partial charge in [0.05, 0.1) is 6.10 Å². The molecule has 0 aliphatic carbocycles. The molecule has 0 saturated carbocycles. The first-order valence-electron chi connectivity index (χ1n) is 5.50. The second kappa shape index (κ2) is 4.67. The van der Waals surface area contributed by atoms with Crippen molar-refractivity contribution in [2.75, 3.05) is 0 Å². The molecule has 1 aromatic carbocycles. The van der Waals surface area contributed by atoms with E-state index in [9.17, 15) is 5.11 Å². The second-order valence-electron chi connectivity index (χ2n) is 4.50. The number of rotatable bonds is 0. The molecule has 0 radical (unpaired) electrons. The van der Waals surface area contributed by atoms with Gasteiger partial charge in [-0.3, -0.25) is 0 Å². The SMILES string of the molecule is Cc1c(C)c2c(c(C)c1O)CCC(C)O2.[Ni]. The van der Waals surface area contributed by atoms with Gasteiger partial charge in [0.1, 0.15) is 11.5 Å². The summed E-state index contributed by atoms with van der Waals surface area (Å²) in [5.74, 6) is 1.44. The smallest absolute Gasteiger partial charge is 0.126 e. The van der Waals surface area contributed by atoms with Gasteiger partial charge in [-0.15, -0.1) is 0 Å². The summed E-state index contributed by atoms with van der Waals surface area (Å²) in [4.78, 5) is 0. The quantitative estimate of drug-likeness (QED) is 0.730. The van der Waals surface area contributed by atoms with Gasteiger partial charge in [0, 0.05) is 22.1 Å². The molecule has 0 fully saturated rings. The predicted octanol–water partition coefficient (Wildman–Crippen LogP) is 3.03. The van der Waals surface area contributed by atoms with E-state index in [4.69, 9.17) is 4.74 Å². The number of hydrogen-bond donors (Lipinski definition) is 1. The van der Waals surface area contributed by atoms with Crippen LogP contribution < -0.4 is 4.74 Å². The van der Waals surface area contributed by atoms with Crippen LogP contribution >= 0.6 is 0 Å². The van der Waals surface area contributed by atoms with E-state index >= 15 is 0 Å². The van der Waals surface area contributed by atoms with Crippen LogP contribution in [-0.4, -0.2) is 11.2 Å². The van der Waals surface area contributed by atoms with Gasteiger partial charge in [0.2, 0.25) is 0 Å². The molecule has 2 nitrogen and oxygen atoms in total. The monoisotopic (exact) mass is 264 g/mol. The first-order valence-corrected chi connectivity index (χ1v) is 5.50. The molecular formula is C13H18NiO2. The summed E-state index contributed by atoms with van der Waals surface area (Å²) in [7, 11) is 0. The van der Waals surface area contributed by atoms with Crippen molar-refractivity contribution in [2.45, 2.75) is 46.6 Å². The molecule has 16 heavy (non-hydrogen) atoms. The summed E-state index contributed by atoms with van der Waals surface area (Å²) in [6, 6.07) is 0. The Morgan fingerprint density at radius 3 is 2.38 bits per heavy atom. The Morgan fingerprint density at radius 1 is 1.12 bits per heavy atom. The minimum absolute atomic E-state index is 0. The molecule has 1 aliphatic heterocycles. The van der Waals surface area contributed by atoms with Gasteiger partial charge in [0.15, 0.2) is 0 Å². The van der Waals surface area contributed by atoms with Gasteiger partial charge in [-0.25, -0.2) is 0 Å². The van der Waals surface area contributed by atoms with Crippen LogP contribution in [0, 0.1) is 20.8 Å². The summed E-state index contributed by atoms with van der Waals surface area (Å²) in [6.45, 7) is 8.03. The zero-order valence-electron chi connectivity index (χ0n) is 10.2. The molecule has 1 atom stereocenters. The Balaban J connectivity index is 0.00000128.